The van der Waals surface area contributed by atoms with E-state index in [-0.39, 0.29) is 17.7 Å². The van der Waals surface area contributed by atoms with Crippen LogP contribution in [0.3, 0.4) is 0 Å². The molecule has 1 aromatic heterocycles. The summed E-state index contributed by atoms with van der Waals surface area (Å²) in [4.78, 5) is 39.3. The number of nitrogens with one attached hydrogen (secondary N) is 1. The van der Waals surface area contributed by atoms with Gasteiger partial charge < -0.3 is 14.8 Å². The molecule has 0 radical (unpaired) electrons. The number of rotatable bonds is 5. The second-order valence-corrected chi connectivity index (χ2v) is 12.0. The largest absolute Gasteiger partial charge is 0.467 e. The minimum atomic E-state index is -0.821. The number of ether oxygens (including phenoxy) is 2. The molecule has 4 bridgehead atoms. The van der Waals surface area contributed by atoms with Crippen LogP contribution in [0, 0.1) is 23.2 Å². The van der Waals surface area contributed by atoms with Crippen LogP contribution < -0.4 is 5.32 Å². The SMILES string of the molecule is COC(=O)[C@H](Cc1cn(C(=O)OC(C)(C)C)c2ccccc12)NC(=O)C12CC3CC(CC(C3)C1)C2. The highest BCUT2D eigenvalue weighted by molar-refractivity contribution is 5.93. The van der Waals surface area contributed by atoms with E-state index in [2.05, 4.69) is 5.32 Å². The number of esters is 1. The molecule has 4 saturated carbocycles. The Morgan fingerprint density at radius 1 is 1.06 bits per heavy atom. The maximum Gasteiger partial charge on any atom is 0.419 e. The molecule has 7 heteroatoms. The highest BCUT2D eigenvalue weighted by Crippen LogP contribution is 2.60. The molecule has 0 saturated heterocycles. The van der Waals surface area contributed by atoms with E-state index in [0.29, 0.717) is 23.3 Å². The normalized spacial score (nSPS) is 28.1. The first-order chi connectivity index (χ1) is 16.6. The monoisotopic (exact) mass is 480 g/mol. The van der Waals surface area contributed by atoms with Crippen molar-refractivity contribution >= 4 is 28.9 Å². The highest BCUT2D eigenvalue weighted by Gasteiger charge is 2.55. The fourth-order valence-electron chi connectivity index (χ4n) is 7.13. The van der Waals surface area contributed by atoms with Gasteiger partial charge in [0.15, 0.2) is 0 Å². The summed E-state index contributed by atoms with van der Waals surface area (Å²) in [6.07, 6.45) is 7.99. The molecule has 4 fully saturated rings. The molecule has 1 N–H and O–H groups in total. The van der Waals surface area contributed by atoms with E-state index in [1.165, 1.54) is 30.9 Å². The van der Waals surface area contributed by atoms with Crippen LogP contribution in [0.4, 0.5) is 4.79 Å². The van der Waals surface area contributed by atoms with Gasteiger partial charge in [-0.2, -0.15) is 0 Å². The Labute approximate surface area is 206 Å². The molecule has 0 unspecified atom stereocenters. The number of carbonyl (C=O) groups is 3. The van der Waals surface area contributed by atoms with Gasteiger partial charge in [-0.3, -0.25) is 9.36 Å². The number of carbonyl (C=O) groups excluding carboxylic acids is 3. The maximum absolute atomic E-state index is 13.7. The van der Waals surface area contributed by atoms with Crippen LogP contribution in [-0.2, 0) is 25.5 Å². The van der Waals surface area contributed by atoms with Gasteiger partial charge in [0.25, 0.3) is 0 Å². The summed E-state index contributed by atoms with van der Waals surface area (Å²) < 4.78 is 12.1. The summed E-state index contributed by atoms with van der Waals surface area (Å²) in [5.41, 5.74) is 0.495. The van der Waals surface area contributed by atoms with Crippen LogP contribution in [0.25, 0.3) is 10.9 Å². The Morgan fingerprint density at radius 2 is 1.66 bits per heavy atom. The average Bonchev–Trinajstić information content (AvgIpc) is 3.15. The van der Waals surface area contributed by atoms with Gasteiger partial charge in [0.05, 0.1) is 12.6 Å². The highest BCUT2D eigenvalue weighted by atomic mass is 16.6. The summed E-state index contributed by atoms with van der Waals surface area (Å²) in [5.74, 6) is 1.42. The third-order valence-corrected chi connectivity index (χ3v) is 8.12. The van der Waals surface area contributed by atoms with Gasteiger partial charge in [-0.15, -0.1) is 0 Å². The first kappa shape index (κ1) is 23.9. The average molecular weight is 481 g/mol. The second-order valence-electron chi connectivity index (χ2n) is 12.0. The number of fused-ring (bicyclic) bond motifs is 1. The summed E-state index contributed by atoms with van der Waals surface area (Å²) in [6.45, 7) is 5.47. The van der Waals surface area contributed by atoms with Crippen molar-refractivity contribution in [1.82, 2.24) is 9.88 Å². The Balaban J connectivity index is 1.41. The molecule has 1 heterocycles. The summed E-state index contributed by atoms with van der Waals surface area (Å²) in [7, 11) is 1.34. The lowest BCUT2D eigenvalue weighted by Gasteiger charge is -2.55. The van der Waals surface area contributed by atoms with Gasteiger partial charge in [0, 0.05) is 23.4 Å². The number of benzene rings is 1. The molecule has 4 aliphatic carbocycles. The van der Waals surface area contributed by atoms with E-state index >= 15 is 0 Å². The first-order valence-electron chi connectivity index (χ1n) is 12.8. The molecule has 1 amide bonds. The number of hydrogen-bond acceptors (Lipinski definition) is 5. The van der Waals surface area contributed by atoms with E-state index in [1.807, 2.05) is 45.0 Å². The molecule has 0 spiro atoms. The minimum Gasteiger partial charge on any atom is -0.467 e. The zero-order valence-electron chi connectivity index (χ0n) is 21.1. The van der Waals surface area contributed by atoms with Gasteiger partial charge in [0.2, 0.25) is 5.91 Å². The van der Waals surface area contributed by atoms with Gasteiger partial charge in [-0.05, 0) is 88.7 Å². The molecule has 35 heavy (non-hydrogen) atoms. The number of aromatic nitrogens is 1. The number of methoxy groups -OCH3 is 1. The Kier molecular flexibility index (Phi) is 5.93. The third kappa shape index (κ3) is 4.57. The van der Waals surface area contributed by atoms with Crippen LogP contribution in [0.5, 0.6) is 0 Å². The molecular formula is C28H36N2O5. The molecule has 6 rings (SSSR count). The zero-order chi connectivity index (χ0) is 25.0. The van der Waals surface area contributed by atoms with Crippen molar-refractivity contribution in [1.29, 1.82) is 0 Å². The molecule has 1 aromatic carbocycles. The summed E-state index contributed by atoms with van der Waals surface area (Å²) in [6, 6.07) is 6.70. The number of para-hydroxylation sites is 1. The molecule has 7 nitrogen and oxygen atoms in total. The molecule has 1 atom stereocenters. The third-order valence-electron chi connectivity index (χ3n) is 8.12. The number of hydrogen-bond donors (Lipinski definition) is 1. The molecule has 4 aliphatic rings. The van der Waals surface area contributed by atoms with E-state index in [9.17, 15) is 14.4 Å². The lowest BCUT2D eigenvalue weighted by molar-refractivity contribution is -0.152. The van der Waals surface area contributed by atoms with Gasteiger partial charge in [-0.25, -0.2) is 9.59 Å². The van der Waals surface area contributed by atoms with E-state index in [1.54, 1.807) is 6.20 Å². The lowest BCUT2D eigenvalue weighted by atomic mass is 9.49. The van der Waals surface area contributed by atoms with E-state index < -0.39 is 23.7 Å². The summed E-state index contributed by atoms with van der Waals surface area (Å²) in [5, 5.41) is 3.92. The van der Waals surface area contributed by atoms with E-state index in [0.717, 1.165) is 30.2 Å². The predicted octanol–water partition coefficient (Wildman–Crippen LogP) is 4.84. The summed E-state index contributed by atoms with van der Waals surface area (Å²) >= 11 is 0. The number of nitrogens with zero attached hydrogens (tertiary/aromatic N) is 1. The minimum absolute atomic E-state index is 0.0112. The molecule has 2 aromatic rings. The first-order valence-corrected chi connectivity index (χ1v) is 12.8. The molecule has 188 valence electrons. The van der Waals surface area contributed by atoms with Crippen molar-refractivity contribution in [3.8, 4) is 0 Å². The molecule has 0 aliphatic heterocycles. The quantitative estimate of drug-likeness (QED) is 0.619. The fourth-order valence-corrected chi connectivity index (χ4v) is 7.13. The Hall–Kier alpha value is -2.83. The van der Waals surface area contributed by atoms with Crippen LogP contribution in [0.15, 0.2) is 30.5 Å². The van der Waals surface area contributed by atoms with Crippen LogP contribution in [0.1, 0.15) is 64.9 Å². The van der Waals surface area contributed by atoms with Crippen LogP contribution in [0.2, 0.25) is 0 Å². The fraction of sp³-hybridized carbons (Fsp3) is 0.607. The molecular weight excluding hydrogens is 444 g/mol. The predicted molar refractivity (Wildman–Crippen MR) is 132 cm³/mol. The van der Waals surface area contributed by atoms with Crippen molar-refractivity contribution in [3.05, 3.63) is 36.0 Å². The van der Waals surface area contributed by atoms with E-state index in [4.69, 9.17) is 9.47 Å². The van der Waals surface area contributed by atoms with Crippen molar-refractivity contribution in [3.63, 3.8) is 0 Å². The van der Waals surface area contributed by atoms with Crippen molar-refractivity contribution in [2.24, 2.45) is 23.2 Å². The van der Waals surface area contributed by atoms with Gasteiger partial charge in [0.1, 0.15) is 11.6 Å². The van der Waals surface area contributed by atoms with Crippen molar-refractivity contribution < 1.29 is 23.9 Å². The van der Waals surface area contributed by atoms with Crippen LogP contribution in [-0.4, -0.2) is 41.3 Å². The lowest BCUT2D eigenvalue weighted by Crippen LogP contribution is -2.56. The van der Waals surface area contributed by atoms with Crippen molar-refractivity contribution in [2.75, 3.05) is 7.11 Å². The van der Waals surface area contributed by atoms with Crippen LogP contribution >= 0.6 is 0 Å². The maximum atomic E-state index is 13.7. The number of amides is 1. The van der Waals surface area contributed by atoms with Gasteiger partial charge in [-0.1, -0.05) is 18.2 Å². The standard InChI is InChI=1S/C28H36N2O5/c1-27(2,3)35-26(33)30-16-20(21-7-5-6-8-23(21)30)12-22(24(31)34-4)29-25(32)28-13-17-9-18(14-28)11-19(10-17)15-28/h5-8,16-19,22H,9-15H2,1-4H3,(H,29,32)/t17?,18?,19?,22-,28?/m0/s1. The Morgan fingerprint density at radius 3 is 2.23 bits per heavy atom. The van der Waals surface area contributed by atoms with Gasteiger partial charge >= 0.3 is 12.1 Å². The Bertz CT molecular complexity index is 1120. The smallest absolute Gasteiger partial charge is 0.419 e. The second kappa shape index (κ2) is 8.68. The topological polar surface area (TPSA) is 86.6 Å². The van der Waals surface area contributed by atoms with Crippen molar-refractivity contribution in [2.45, 2.75) is 77.4 Å². The zero-order valence-corrected chi connectivity index (χ0v) is 21.1.